The van der Waals surface area contributed by atoms with Crippen LogP contribution in [0.25, 0.3) is 5.53 Å². The van der Waals surface area contributed by atoms with E-state index in [1.54, 1.807) is 12.5 Å². The van der Waals surface area contributed by atoms with E-state index in [1.807, 2.05) is 6.07 Å². The fraction of sp³-hybridized carbons (Fsp3) is 0.714. The van der Waals surface area contributed by atoms with E-state index >= 15 is 0 Å². The first-order valence-corrected chi connectivity index (χ1v) is 17.7. The van der Waals surface area contributed by atoms with E-state index in [-0.39, 0.29) is 23.7 Å². The second kappa shape index (κ2) is 13.2. The third-order valence-electron chi connectivity index (χ3n) is 7.97. The predicted molar refractivity (Wildman–Crippen MR) is 153 cm³/mol. The van der Waals surface area contributed by atoms with Gasteiger partial charge < -0.3 is 18.8 Å². The standard InChI is InChI=1S/C28H50N2O4Si2/c1-18(2)35(19(3)4,20(5)6)33-24(13)28(30-29)26(31)16-27(25-14-15-32-17-25)34-36(21(7)8,22(9)10)23(11)12/h14-15,17-23,27H,13,16H2,1-12H3. The van der Waals surface area contributed by atoms with E-state index in [0.29, 0.717) is 33.2 Å². The average molecular weight is 535 g/mol. The normalized spacial score (nSPS) is 13.7. The zero-order valence-electron chi connectivity index (χ0n) is 24.7. The van der Waals surface area contributed by atoms with Crippen molar-refractivity contribution in [2.45, 2.75) is 129 Å². The van der Waals surface area contributed by atoms with Gasteiger partial charge in [-0.05, 0) is 45.9 Å². The number of allylic oxidation sites excluding steroid dienone is 1. The van der Waals surface area contributed by atoms with Gasteiger partial charge in [0.25, 0.3) is 14.1 Å². The Bertz CT molecular complexity index is 870. The van der Waals surface area contributed by atoms with Crippen LogP contribution in [0.2, 0.25) is 33.2 Å². The number of carbonyl (C=O) groups excluding carboxylic acids is 1. The summed E-state index contributed by atoms with van der Waals surface area (Å²) >= 11 is 0. The highest BCUT2D eigenvalue weighted by Gasteiger charge is 2.50. The molecule has 0 spiro atoms. The molecule has 0 bridgehead atoms. The van der Waals surface area contributed by atoms with E-state index in [2.05, 4.69) is 94.5 Å². The minimum Gasteiger partial charge on any atom is -0.538 e. The number of furan rings is 1. The van der Waals surface area contributed by atoms with Crippen molar-refractivity contribution in [2.24, 2.45) is 0 Å². The first-order valence-electron chi connectivity index (χ1n) is 13.4. The van der Waals surface area contributed by atoms with Gasteiger partial charge in [-0.3, -0.25) is 4.79 Å². The van der Waals surface area contributed by atoms with Crippen molar-refractivity contribution in [3.63, 3.8) is 0 Å². The second-order valence-corrected chi connectivity index (χ2v) is 22.7. The fourth-order valence-electron chi connectivity index (χ4n) is 6.49. The first-order chi connectivity index (χ1) is 16.6. The van der Waals surface area contributed by atoms with Crippen LogP contribution in [0.4, 0.5) is 0 Å². The summed E-state index contributed by atoms with van der Waals surface area (Å²) in [6.45, 7) is 30.3. The third kappa shape index (κ3) is 6.57. The molecule has 0 aliphatic rings. The van der Waals surface area contributed by atoms with E-state index < -0.39 is 22.7 Å². The summed E-state index contributed by atoms with van der Waals surface area (Å²) in [6.07, 6.45) is 2.73. The van der Waals surface area contributed by atoms with Gasteiger partial charge in [0.1, 0.15) is 0 Å². The zero-order valence-corrected chi connectivity index (χ0v) is 26.7. The zero-order chi connectivity index (χ0) is 28.0. The Kier molecular flexibility index (Phi) is 11.8. The Morgan fingerprint density at radius 1 is 0.889 bits per heavy atom. The molecule has 36 heavy (non-hydrogen) atoms. The third-order valence-corrected chi connectivity index (χ3v) is 20.1. The quantitative estimate of drug-likeness (QED) is 0.0739. The van der Waals surface area contributed by atoms with Gasteiger partial charge in [0.15, 0.2) is 5.76 Å². The summed E-state index contributed by atoms with van der Waals surface area (Å²) in [6, 6.07) is 1.84. The fourth-order valence-corrected chi connectivity index (χ4v) is 17.2. The molecule has 1 unspecified atom stereocenters. The maximum Gasteiger partial charge on any atom is 0.397 e. The van der Waals surface area contributed by atoms with Crippen molar-refractivity contribution in [3.8, 4) is 0 Å². The molecule has 0 amide bonds. The van der Waals surface area contributed by atoms with Gasteiger partial charge in [0, 0.05) is 12.0 Å². The summed E-state index contributed by atoms with van der Waals surface area (Å²) in [5.74, 6) is -0.205. The molecule has 8 heteroatoms. The van der Waals surface area contributed by atoms with Crippen molar-refractivity contribution >= 4 is 28.1 Å². The summed E-state index contributed by atoms with van der Waals surface area (Å²) < 4.78 is 18.9. The SMILES string of the molecule is C=C(O[Si](C(C)C)(C(C)C)C(C)C)C(=[N+]=[N-])C(=O)CC(O[Si](C(C)C)(C(C)C)C(C)C)c1ccoc1. The number of hydrogen-bond acceptors (Lipinski definition) is 4. The lowest BCUT2D eigenvalue weighted by atomic mass is 10.0. The Balaban J connectivity index is 3.38. The topological polar surface area (TPSA) is 85.1 Å². The van der Waals surface area contributed by atoms with Gasteiger partial charge in [0.2, 0.25) is 8.32 Å². The van der Waals surface area contributed by atoms with Crippen molar-refractivity contribution in [3.05, 3.63) is 42.0 Å². The summed E-state index contributed by atoms with van der Waals surface area (Å²) in [4.78, 5) is 17.0. The molecule has 1 rings (SSSR count). The maximum absolute atomic E-state index is 13.6. The Morgan fingerprint density at radius 2 is 1.33 bits per heavy atom. The van der Waals surface area contributed by atoms with Crippen LogP contribution < -0.4 is 0 Å². The van der Waals surface area contributed by atoms with Crippen LogP contribution in [-0.4, -0.2) is 32.9 Å². The molecule has 0 saturated heterocycles. The molecule has 0 saturated carbocycles. The maximum atomic E-state index is 13.6. The number of carbonyl (C=O) groups is 1. The van der Waals surface area contributed by atoms with Crippen LogP contribution in [-0.2, 0) is 13.6 Å². The number of Topliss-reactive ketones (excluding diaryl/α,β-unsaturated/α-hetero) is 1. The molecule has 0 aromatic carbocycles. The van der Waals surface area contributed by atoms with E-state index in [4.69, 9.17) is 13.3 Å². The lowest BCUT2D eigenvalue weighted by molar-refractivity contribution is -0.119. The Hall–Kier alpha value is -1.74. The molecule has 6 nitrogen and oxygen atoms in total. The van der Waals surface area contributed by atoms with Crippen molar-refractivity contribution in [1.82, 2.24) is 0 Å². The first kappa shape index (κ1) is 32.3. The smallest absolute Gasteiger partial charge is 0.397 e. The Labute approximate surface area is 221 Å². The second-order valence-electron chi connectivity index (χ2n) is 11.9. The molecule has 0 fully saturated rings. The molecule has 0 radical (unpaired) electrons. The van der Waals surface area contributed by atoms with Gasteiger partial charge >= 0.3 is 5.71 Å². The average Bonchev–Trinajstić information content (AvgIpc) is 3.28. The molecule has 1 aromatic heterocycles. The van der Waals surface area contributed by atoms with Crippen LogP contribution in [0.5, 0.6) is 0 Å². The molecular formula is C28H50N2O4Si2. The summed E-state index contributed by atoms with van der Waals surface area (Å²) in [5, 5.41) is 0. The Morgan fingerprint density at radius 3 is 1.67 bits per heavy atom. The summed E-state index contributed by atoms with van der Waals surface area (Å²) in [5.41, 5.74) is 12.5. The van der Waals surface area contributed by atoms with Gasteiger partial charge in [-0.2, -0.15) is 4.79 Å². The van der Waals surface area contributed by atoms with Crippen LogP contribution in [0.3, 0.4) is 0 Å². The molecular weight excluding hydrogens is 484 g/mol. The lowest BCUT2D eigenvalue weighted by Gasteiger charge is -2.44. The highest BCUT2D eigenvalue weighted by molar-refractivity contribution is 6.78. The largest absolute Gasteiger partial charge is 0.538 e. The number of rotatable bonds is 15. The van der Waals surface area contributed by atoms with E-state index in [1.165, 1.54) is 0 Å². The van der Waals surface area contributed by atoms with Crippen molar-refractivity contribution in [2.75, 3.05) is 0 Å². The highest BCUT2D eigenvalue weighted by atomic mass is 28.4. The van der Waals surface area contributed by atoms with E-state index in [0.717, 1.165) is 5.56 Å². The van der Waals surface area contributed by atoms with Crippen LogP contribution in [0, 0.1) is 0 Å². The van der Waals surface area contributed by atoms with Gasteiger partial charge in [-0.15, -0.1) is 0 Å². The predicted octanol–water partition coefficient (Wildman–Crippen LogP) is 8.85. The molecule has 0 aliphatic heterocycles. The van der Waals surface area contributed by atoms with Crippen LogP contribution in [0.1, 0.15) is 101 Å². The molecule has 1 heterocycles. The monoisotopic (exact) mass is 534 g/mol. The summed E-state index contributed by atoms with van der Waals surface area (Å²) in [7, 11) is -4.69. The van der Waals surface area contributed by atoms with Crippen LogP contribution >= 0.6 is 0 Å². The lowest BCUT2D eigenvalue weighted by Crippen LogP contribution is -2.49. The highest BCUT2D eigenvalue weighted by Crippen LogP contribution is 2.46. The minimum absolute atomic E-state index is 0.0157. The van der Waals surface area contributed by atoms with Gasteiger partial charge in [-0.25, -0.2) is 0 Å². The van der Waals surface area contributed by atoms with Crippen molar-refractivity contribution < 1.29 is 22.9 Å². The minimum atomic E-state index is -2.37. The molecule has 1 atom stereocenters. The van der Waals surface area contributed by atoms with E-state index in [9.17, 15) is 10.3 Å². The molecule has 1 aromatic rings. The molecule has 0 N–H and O–H groups in total. The molecule has 0 aliphatic carbocycles. The van der Waals surface area contributed by atoms with Gasteiger partial charge in [-0.1, -0.05) is 83.1 Å². The van der Waals surface area contributed by atoms with Crippen molar-refractivity contribution in [1.29, 1.82) is 0 Å². The number of ketones is 1. The number of nitrogens with zero attached hydrogens (tertiary/aromatic N) is 2. The number of hydrogen-bond donors (Lipinski definition) is 0. The van der Waals surface area contributed by atoms with Crippen LogP contribution in [0.15, 0.2) is 35.3 Å². The van der Waals surface area contributed by atoms with Gasteiger partial charge in [0.05, 0.1) is 18.6 Å². The molecule has 204 valence electrons.